The number of rotatable bonds is 7. The first-order chi connectivity index (χ1) is 15.5. The molecule has 2 atom stereocenters. The fourth-order valence-electron chi connectivity index (χ4n) is 3.17. The summed E-state index contributed by atoms with van der Waals surface area (Å²) in [5, 5.41) is 1.27. The molecular formula is C24H21ClN2O4S. The molecule has 3 aromatic rings. The Morgan fingerprint density at radius 1 is 1.00 bits per heavy atom. The number of amides is 2. The molecule has 0 aliphatic carbocycles. The molecule has 164 valence electrons. The number of nitrogens with one attached hydrogen (secondary N) is 1. The maximum Gasteiger partial charge on any atom is 0.276 e. The van der Waals surface area contributed by atoms with Gasteiger partial charge in [-0.05, 0) is 61.0 Å². The molecule has 32 heavy (non-hydrogen) atoms. The van der Waals surface area contributed by atoms with Gasteiger partial charge in [-0.1, -0.05) is 41.9 Å². The largest absolute Gasteiger partial charge is 0.484 e. The maximum absolute atomic E-state index is 12.7. The lowest BCUT2D eigenvalue weighted by Crippen LogP contribution is -2.47. The number of thioether (sulfide) groups is 1. The molecule has 1 saturated heterocycles. The van der Waals surface area contributed by atoms with Crippen LogP contribution in [0.2, 0.25) is 5.02 Å². The van der Waals surface area contributed by atoms with Crippen molar-refractivity contribution < 1.29 is 19.1 Å². The van der Waals surface area contributed by atoms with Gasteiger partial charge < -0.3 is 9.47 Å². The molecule has 1 fully saturated rings. The van der Waals surface area contributed by atoms with Gasteiger partial charge in [-0.2, -0.15) is 0 Å². The molecule has 1 aliphatic heterocycles. The van der Waals surface area contributed by atoms with Crippen molar-refractivity contribution in [3.63, 3.8) is 0 Å². The Labute approximate surface area is 195 Å². The summed E-state index contributed by atoms with van der Waals surface area (Å²) in [6.45, 7) is 1.59. The van der Waals surface area contributed by atoms with Crippen molar-refractivity contribution in [1.29, 1.82) is 0 Å². The second kappa shape index (κ2) is 9.97. The second-order valence-electron chi connectivity index (χ2n) is 7.10. The van der Waals surface area contributed by atoms with Crippen LogP contribution in [-0.4, -0.2) is 28.7 Å². The third-order valence-electron chi connectivity index (χ3n) is 4.70. The average molecular weight is 469 g/mol. The second-order valence-corrected chi connectivity index (χ2v) is 8.97. The van der Waals surface area contributed by atoms with E-state index < -0.39 is 5.91 Å². The van der Waals surface area contributed by atoms with E-state index in [1.165, 1.54) is 16.8 Å². The minimum absolute atomic E-state index is 0.172. The minimum atomic E-state index is -0.426. The van der Waals surface area contributed by atoms with Gasteiger partial charge in [0, 0.05) is 5.02 Å². The number of hydrogen-bond donors (Lipinski definition) is 1. The predicted molar refractivity (Wildman–Crippen MR) is 125 cm³/mol. The SMILES string of the molecule is CC1SC(c2cccc(Oc3ccccc3)c2)N(NC(=O)COc2ccc(Cl)cc2)C1=O. The molecule has 6 nitrogen and oxygen atoms in total. The van der Waals surface area contributed by atoms with Crippen LogP contribution in [0.15, 0.2) is 78.9 Å². The number of nitrogens with zero attached hydrogens (tertiary/aromatic N) is 1. The maximum atomic E-state index is 12.7. The van der Waals surface area contributed by atoms with E-state index in [0.29, 0.717) is 16.5 Å². The van der Waals surface area contributed by atoms with Crippen LogP contribution in [0.3, 0.4) is 0 Å². The van der Waals surface area contributed by atoms with Crippen LogP contribution < -0.4 is 14.9 Å². The number of hydrogen-bond acceptors (Lipinski definition) is 5. The van der Waals surface area contributed by atoms with E-state index in [0.717, 1.165) is 11.3 Å². The number of para-hydroxylation sites is 1. The van der Waals surface area contributed by atoms with Crippen molar-refractivity contribution in [3.8, 4) is 17.2 Å². The molecule has 0 saturated carbocycles. The summed E-state index contributed by atoms with van der Waals surface area (Å²) < 4.78 is 11.4. The topological polar surface area (TPSA) is 67.9 Å². The van der Waals surface area contributed by atoms with Crippen molar-refractivity contribution in [1.82, 2.24) is 10.4 Å². The number of carbonyl (C=O) groups is 2. The van der Waals surface area contributed by atoms with Crippen LogP contribution in [0, 0.1) is 0 Å². The molecule has 1 aliphatic rings. The number of benzene rings is 3. The Kier molecular flexibility index (Phi) is 6.87. The summed E-state index contributed by atoms with van der Waals surface area (Å²) in [5.41, 5.74) is 3.54. The highest BCUT2D eigenvalue weighted by Gasteiger charge is 2.40. The van der Waals surface area contributed by atoms with Crippen LogP contribution in [0.4, 0.5) is 0 Å². The molecule has 4 rings (SSSR count). The number of hydrazine groups is 1. The highest BCUT2D eigenvalue weighted by atomic mass is 35.5. The van der Waals surface area contributed by atoms with Crippen LogP contribution in [0.5, 0.6) is 17.2 Å². The Morgan fingerprint density at radius 2 is 1.72 bits per heavy atom. The molecule has 2 unspecified atom stereocenters. The first kappa shape index (κ1) is 22.0. The van der Waals surface area contributed by atoms with Crippen molar-refractivity contribution >= 4 is 35.2 Å². The van der Waals surface area contributed by atoms with Gasteiger partial charge in [-0.25, -0.2) is 5.01 Å². The molecule has 1 N–H and O–H groups in total. The zero-order chi connectivity index (χ0) is 22.5. The van der Waals surface area contributed by atoms with Crippen LogP contribution >= 0.6 is 23.4 Å². The van der Waals surface area contributed by atoms with Crippen LogP contribution in [0.1, 0.15) is 17.9 Å². The lowest BCUT2D eigenvalue weighted by Gasteiger charge is -2.25. The molecule has 0 aromatic heterocycles. The molecule has 0 radical (unpaired) electrons. The van der Waals surface area contributed by atoms with E-state index in [-0.39, 0.29) is 23.1 Å². The van der Waals surface area contributed by atoms with Gasteiger partial charge in [-0.3, -0.25) is 15.0 Å². The van der Waals surface area contributed by atoms with Crippen molar-refractivity contribution in [2.24, 2.45) is 0 Å². The number of ether oxygens (including phenoxy) is 2. The van der Waals surface area contributed by atoms with Gasteiger partial charge in [0.1, 0.15) is 22.6 Å². The predicted octanol–water partition coefficient (Wildman–Crippen LogP) is 5.21. The fourth-order valence-corrected chi connectivity index (χ4v) is 4.49. The Morgan fingerprint density at radius 3 is 2.47 bits per heavy atom. The zero-order valence-electron chi connectivity index (χ0n) is 17.2. The van der Waals surface area contributed by atoms with E-state index >= 15 is 0 Å². The first-order valence-electron chi connectivity index (χ1n) is 9.99. The lowest BCUT2D eigenvalue weighted by molar-refractivity contribution is -0.141. The minimum Gasteiger partial charge on any atom is -0.484 e. The summed E-state index contributed by atoms with van der Waals surface area (Å²) in [6, 6.07) is 23.7. The molecule has 0 spiro atoms. The van der Waals surface area contributed by atoms with E-state index in [1.807, 2.05) is 61.5 Å². The lowest BCUT2D eigenvalue weighted by atomic mass is 10.2. The summed E-state index contributed by atoms with van der Waals surface area (Å²) in [6.07, 6.45) is 0. The van der Waals surface area contributed by atoms with Crippen molar-refractivity contribution in [2.75, 3.05) is 6.61 Å². The Hall–Kier alpha value is -3.16. The number of carbonyl (C=O) groups excluding carboxylic acids is 2. The molecule has 3 aromatic carbocycles. The van der Waals surface area contributed by atoms with Gasteiger partial charge in [0.15, 0.2) is 6.61 Å². The van der Waals surface area contributed by atoms with Crippen LogP contribution in [-0.2, 0) is 9.59 Å². The standard InChI is InChI=1S/C24H21ClN2O4S/c1-16-23(29)27(26-22(28)15-30-19-12-10-18(25)11-13-19)24(32-16)17-6-5-9-21(14-17)31-20-7-3-2-4-8-20/h2-14,16,24H,15H2,1H3,(H,26,28). The molecule has 8 heteroatoms. The fraction of sp³-hybridized carbons (Fsp3) is 0.167. The third kappa shape index (κ3) is 5.36. The van der Waals surface area contributed by atoms with Gasteiger partial charge in [0.25, 0.3) is 11.8 Å². The quantitative estimate of drug-likeness (QED) is 0.516. The van der Waals surface area contributed by atoms with E-state index in [2.05, 4.69) is 5.43 Å². The third-order valence-corrected chi connectivity index (χ3v) is 6.31. The van der Waals surface area contributed by atoms with E-state index in [4.69, 9.17) is 21.1 Å². The zero-order valence-corrected chi connectivity index (χ0v) is 18.8. The smallest absolute Gasteiger partial charge is 0.276 e. The van der Waals surface area contributed by atoms with Gasteiger partial charge in [-0.15, -0.1) is 11.8 Å². The molecule has 2 amide bonds. The van der Waals surface area contributed by atoms with E-state index in [9.17, 15) is 9.59 Å². The van der Waals surface area contributed by atoms with Crippen molar-refractivity contribution in [2.45, 2.75) is 17.5 Å². The normalized spacial score (nSPS) is 17.8. The monoisotopic (exact) mass is 468 g/mol. The van der Waals surface area contributed by atoms with Gasteiger partial charge in [0.05, 0.1) is 5.25 Å². The Bertz CT molecular complexity index is 1090. The van der Waals surface area contributed by atoms with Gasteiger partial charge in [0.2, 0.25) is 0 Å². The number of halogens is 1. The molecular weight excluding hydrogens is 448 g/mol. The Balaban J connectivity index is 1.44. The highest BCUT2D eigenvalue weighted by Crippen LogP contribution is 2.42. The average Bonchev–Trinajstić information content (AvgIpc) is 3.08. The summed E-state index contributed by atoms with van der Waals surface area (Å²) in [7, 11) is 0. The van der Waals surface area contributed by atoms with E-state index in [1.54, 1.807) is 24.3 Å². The summed E-state index contributed by atoms with van der Waals surface area (Å²) >= 11 is 7.32. The summed E-state index contributed by atoms with van der Waals surface area (Å²) in [4.78, 5) is 25.2. The molecule has 1 heterocycles. The highest BCUT2D eigenvalue weighted by molar-refractivity contribution is 8.01. The van der Waals surface area contributed by atoms with Gasteiger partial charge >= 0.3 is 0 Å². The van der Waals surface area contributed by atoms with Crippen molar-refractivity contribution in [3.05, 3.63) is 89.4 Å². The first-order valence-corrected chi connectivity index (χ1v) is 11.3. The summed E-state index contributed by atoms with van der Waals surface area (Å²) in [5.74, 6) is 1.29. The molecule has 0 bridgehead atoms. The van der Waals surface area contributed by atoms with Crippen LogP contribution in [0.25, 0.3) is 0 Å².